The van der Waals surface area contributed by atoms with Crippen molar-refractivity contribution in [3.8, 4) is 0 Å². The molecule has 6 nitrogen and oxygen atoms in total. The van der Waals surface area contributed by atoms with Gasteiger partial charge in [-0.1, -0.05) is 6.92 Å². The predicted molar refractivity (Wildman–Crippen MR) is 71.4 cm³/mol. The van der Waals surface area contributed by atoms with E-state index in [0.29, 0.717) is 5.69 Å². The summed E-state index contributed by atoms with van der Waals surface area (Å²) in [5.41, 5.74) is 6.05. The summed E-state index contributed by atoms with van der Waals surface area (Å²) in [5.74, 6) is -0.968. The molecule has 0 spiro atoms. The van der Waals surface area contributed by atoms with Gasteiger partial charge in [0.2, 0.25) is 0 Å². The van der Waals surface area contributed by atoms with Crippen LogP contribution >= 0.6 is 0 Å². The number of pyridine rings is 1. The number of nitrogens with zero attached hydrogens (tertiary/aromatic N) is 1. The first-order valence-electron chi connectivity index (χ1n) is 6.17. The molecule has 6 heteroatoms. The molecule has 0 radical (unpaired) electrons. The fraction of sp³-hybridized carbons (Fsp3) is 0.462. The highest BCUT2D eigenvalue weighted by Crippen LogP contribution is 2.05. The number of rotatable bonds is 5. The molecule has 0 aromatic carbocycles. The maximum Gasteiger partial charge on any atom is 0.357 e. The minimum Gasteiger partial charge on any atom is -0.448 e. The molecule has 0 bridgehead atoms. The van der Waals surface area contributed by atoms with Gasteiger partial charge in [0.1, 0.15) is 5.69 Å². The van der Waals surface area contributed by atoms with Crippen molar-refractivity contribution < 1.29 is 14.3 Å². The van der Waals surface area contributed by atoms with Crippen LogP contribution in [0.5, 0.6) is 0 Å². The highest BCUT2D eigenvalue weighted by Gasteiger charge is 2.20. The molecule has 0 aliphatic carbocycles. The zero-order valence-corrected chi connectivity index (χ0v) is 11.3. The molecule has 1 aromatic rings. The number of nitrogens with one attached hydrogen (secondary N) is 1. The SMILES string of the molecule is CCC(C)NC(=O)C(C)OC(=O)c1ccc(N)cn1. The Hall–Kier alpha value is -2.11. The molecule has 2 atom stereocenters. The van der Waals surface area contributed by atoms with E-state index in [9.17, 15) is 9.59 Å². The third kappa shape index (κ3) is 4.57. The van der Waals surface area contributed by atoms with Gasteiger partial charge in [-0.05, 0) is 32.4 Å². The summed E-state index contributed by atoms with van der Waals surface area (Å²) in [6.45, 7) is 5.36. The second kappa shape index (κ2) is 6.72. The number of nitrogens with two attached hydrogens (primary N) is 1. The molecule has 104 valence electrons. The van der Waals surface area contributed by atoms with Gasteiger partial charge in [-0.3, -0.25) is 4.79 Å². The van der Waals surface area contributed by atoms with Crippen LogP contribution < -0.4 is 11.1 Å². The van der Waals surface area contributed by atoms with Gasteiger partial charge in [0.25, 0.3) is 5.91 Å². The summed E-state index contributed by atoms with van der Waals surface area (Å²) in [7, 11) is 0. The third-order valence-electron chi connectivity index (χ3n) is 2.65. The zero-order chi connectivity index (χ0) is 14.4. The number of hydrogen-bond acceptors (Lipinski definition) is 5. The van der Waals surface area contributed by atoms with Crippen molar-refractivity contribution in [3.63, 3.8) is 0 Å². The van der Waals surface area contributed by atoms with Gasteiger partial charge in [0, 0.05) is 6.04 Å². The molecule has 0 saturated carbocycles. The average Bonchev–Trinajstić information content (AvgIpc) is 2.38. The van der Waals surface area contributed by atoms with Crippen LogP contribution in [0.15, 0.2) is 18.3 Å². The minimum absolute atomic E-state index is 0.0447. The van der Waals surface area contributed by atoms with Crippen LogP contribution in [-0.2, 0) is 9.53 Å². The van der Waals surface area contributed by atoms with E-state index in [1.165, 1.54) is 19.2 Å². The van der Waals surface area contributed by atoms with Gasteiger partial charge in [-0.2, -0.15) is 0 Å². The highest BCUT2D eigenvalue weighted by molar-refractivity contribution is 5.90. The molecule has 19 heavy (non-hydrogen) atoms. The Morgan fingerprint density at radius 2 is 2.11 bits per heavy atom. The molecule has 0 aliphatic heterocycles. The van der Waals surface area contributed by atoms with Gasteiger partial charge in [-0.25, -0.2) is 9.78 Å². The van der Waals surface area contributed by atoms with E-state index in [1.54, 1.807) is 6.07 Å². The number of aromatic nitrogens is 1. The van der Waals surface area contributed by atoms with Crippen molar-refractivity contribution in [3.05, 3.63) is 24.0 Å². The van der Waals surface area contributed by atoms with Gasteiger partial charge in [0.05, 0.1) is 11.9 Å². The minimum atomic E-state index is -0.860. The number of carbonyl (C=O) groups is 2. The van der Waals surface area contributed by atoms with E-state index in [2.05, 4.69) is 10.3 Å². The molecule has 0 saturated heterocycles. The monoisotopic (exact) mass is 265 g/mol. The van der Waals surface area contributed by atoms with E-state index in [4.69, 9.17) is 10.5 Å². The first kappa shape index (κ1) is 14.9. The van der Waals surface area contributed by atoms with Gasteiger partial charge >= 0.3 is 5.97 Å². The van der Waals surface area contributed by atoms with Crippen LogP contribution in [0.3, 0.4) is 0 Å². The van der Waals surface area contributed by atoms with Crippen LogP contribution in [0.2, 0.25) is 0 Å². The van der Waals surface area contributed by atoms with Crippen LogP contribution in [0, 0.1) is 0 Å². The average molecular weight is 265 g/mol. The van der Waals surface area contributed by atoms with E-state index < -0.39 is 12.1 Å². The van der Waals surface area contributed by atoms with Crippen LogP contribution in [0.1, 0.15) is 37.7 Å². The van der Waals surface area contributed by atoms with E-state index >= 15 is 0 Å². The molecule has 1 aromatic heterocycles. The lowest BCUT2D eigenvalue weighted by molar-refractivity contribution is -0.129. The third-order valence-corrected chi connectivity index (χ3v) is 2.65. The Balaban J connectivity index is 2.56. The summed E-state index contributed by atoms with van der Waals surface area (Å²) < 4.78 is 5.03. The normalized spacial score (nSPS) is 13.4. The number of nitrogen functional groups attached to an aromatic ring is 1. The smallest absolute Gasteiger partial charge is 0.357 e. The number of ether oxygens (including phenoxy) is 1. The predicted octanol–water partition coefficient (Wildman–Crippen LogP) is 1.12. The van der Waals surface area contributed by atoms with Crippen LogP contribution in [0.25, 0.3) is 0 Å². The summed E-state index contributed by atoms with van der Waals surface area (Å²) in [6, 6.07) is 3.05. The molecule has 0 aliphatic rings. The number of carbonyl (C=O) groups excluding carboxylic acids is 2. The van der Waals surface area contributed by atoms with E-state index in [1.807, 2.05) is 13.8 Å². The molecular formula is C13H19N3O3. The van der Waals surface area contributed by atoms with Crippen molar-refractivity contribution in [1.29, 1.82) is 0 Å². The summed E-state index contributed by atoms with van der Waals surface area (Å²) in [5, 5.41) is 2.74. The number of esters is 1. The lowest BCUT2D eigenvalue weighted by atomic mass is 10.2. The molecule has 1 amide bonds. The number of hydrogen-bond donors (Lipinski definition) is 2. The maximum absolute atomic E-state index is 11.7. The second-order valence-electron chi connectivity index (χ2n) is 4.34. The standard InChI is InChI=1S/C13H19N3O3/c1-4-8(2)16-12(17)9(3)19-13(18)11-6-5-10(14)7-15-11/h5-9H,4,14H2,1-3H3,(H,16,17). The molecule has 1 rings (SSSR count). The van der Waals surface area contributed by atoms with Crippen LogP contribution in [0.4, 0.5) is 5.69 Å². The van der Waals surface area contributed by atoms with Crippen LogP contribution in [-0.4, -0.2) is 29.0 Å². The first-order valence-corrected chi connectivity index (χ1v) is 6.17. The molecule has 0 fully saturated rings. The Morgan fingerprint density at radius 3 is 2.63 bits per heavy atom. The Morgan fingerprint density at radius 1 is 1.42 bits per heavy atom. The highest BCUT2D eigenvalue weighted by atomic mass is 16.5. The molecule has 3 N–H and O–H groups in total. The molecule has 1 heterocycles. The second-order valence-corrected chi connectivity index (χ2v) is 4.34. The molecular weight excluding hydrogens is 246 g/mol. The van der Waals surface area contributed by atoms with Gasteiger partial charge in [0.15, 0.2) is 6.10 Å². The summed E-state index contributed by atoms with van der Waals surface area (Å²) >= 11 is 0. The maximum atomic E-state index is 11.7. The largest absolute Gasteiger partial charge is 0.448 e. The lowest BCUT2D eigenvalue weighted by Crippen LogP contribution is -2.40. The summed E-state index contributed by atoms with van der Waals surface area (Å²) in [4.78, 5) is 27.3. The van der Waals surface area contributed by atoms with Gasteiger partial charge < -0.3 is 15.8 Å². The van der Waals surface area contributed by atoms with Gasteiger partial charge in [-0.15, -0.1) is 0 Å². The fourth-order valence-corrected chi connectivity index (χ4v) is 1.26. The Bertz CT molecular complexity index is 445. The Labute approximate surface area is 112 Å². The topological polar surface area (TPSA) is 94.3 Å². The number of anilines is 1. The van der Waals surface area contributed by atoms with Crippen molar-refractivity contribution in [1.82, 2.24) is 10.3 Å². The van der Waals surface area contributed by atoms with E-state index in [0.717, 1.165) is 6.42 Å². The van der Waals surface area contributed by atoms with Crippen molar-refractivity contribution in [2.75, 3.05) is 5.73 Å². The fourth-order valence-electron chi connectivity index (χ4n) is 1.26. The van der Waals surface area contributed by atoms with Crippen molar-refractivity contribution >= 4 is 17.6 Å². The zero-order valence-electron chi connectivity index (χ0n) is 11.3. The summed E-state index contributed by atoms with van der Waals surface area (Å²) in [6.07, 6.45) is 1.31. The number of amides is 1. The van der Waals surface area contributed by atoms with Crippen molar-refractivity contribution in [2.45, 2.75) is 39.3 Å². The van der Waals surface area contributed by atoms with E-state index in [-0.39, 0.29) is 17.6 Å². The lowest BCUT2D eigenvalue weighted by Gasteiger charge is -2.16. The Kier molecular flexibility index (Phi) is 5.29. The quantitative estimate of drug-likeness (QED) is 0.778. The first-order chi connectivity index (χ1) is 8.93. The van der Waals surface area contributed by atoms with Crippen molar-refractivity contribution in [2.24, 2.45) is 0 Å². The molecule has 2 unspecified atom stereocenters.